The van der Waals surface area contributed by atoms with Gasteiger partial charge in [-0.25, -0.2) is 5.43 Å². The molecule has 112 valence electrons. The second kappa shape index (κ2) is 8.04. The van der Waals surface area contributed by atoms with Crippen LogP contribution in [0.15, 0.2) is 58.4 Å². The first-order valence-corrected chi connectivity index (χ1v) is 7.20. The average molecular weight is 361 g/mol. The van der Waals surface area contributed by atoms with Crippen LogP contribution in [0.4, 0.5) is 0 Å². The van der Waals surface area contributed by atoms with Gasteiger partial charge in [0.1, 0.15) is 0 Å². The molecule has 0 bridgehead atoms. The van der Waals surface area contributed by atoms with E-state index < -0.39 is 5.91 Å². The zero-order chi connectivity index (χ0) is 15.8. The maximum Gasteiger partial charge on any atom is 0.259 e. The minimum Gasteiger partial charge on any atom is -0.343 e. The van der Waals surface area contributed by atoms with Crippen molar-refractivity contribution in [2.45, 2.75) is 0 Å². The molecular weight excluding hydrogens is 348 g/mol. The molecule has 2 rings (SSSR count). The lowest BCUT2D eigenvalue weighted by Gasteiger charge is -2.04. The molecule has 1 aromatic carbocycles. The Balaban J connectivity index is 1.77. The van der Waals surface area contributed by atoms with Crippen molar-refractivity contribution in [2.24, 2.45) is 5.10 Å². The molecule has 7 heteroatoms. The van der Waals surface area contributed by atoms with Crippen molar-refractivity contribution in [2.75, 3.05) is 6.54 Å². The van der Waals surface area contributed by atoms with Crippen molar-refractivity contribution in [3.8, 4) is 0 Å². The first-order chi connectivity index (χ1) is 10.6. The van der Waals surface area contributed by atoms with Gasteiger partial charge in [0.25, 0.3) is 11.8 Å². The van der Waals surface area contributed by atoms with E-state index in [1.807, 2.05) is 0 Å². The molecule has 0 spiro atoms. The summed E-state index contributed by atoms with van der Waals surface area (Å²) in [5, 5.41) is 6.30. The molecule has 0 aliphatic rings. The molecule has 1 aromatic heterocycles. The predicted octanol–water partition coefficient (Wildman–Crippen LogP) is 1.72. The van der Waals surface area contributed by atoms with Gasteiger partial charge in [0.05, 0.1) is 12.8 Å². The average Bonchev–Trinajstić information content (AvgIpc) is 2.54. The molecule has 2 amide bonds. The second-order valence-electron chi connectivity index (χ2n) is 4.27. The van der Waals surface area contributed by atoms with Gasteiger partial charge in [0.2, 0.25) is 0 Å². The van der Waals surface area contributed by atoms with E-state index in [1.165, 1.54) is 6.21 Å². The molecule has 0 atom stereocenters. The molecule has 0 saturated heterocycles. The van der Waals surface area contributed by atoms with Gasteiger partial charge in [-0.15, -0.1) is 0 Å². The highest BCUT2D eigenvalue weighted by Crippen LogP contribution is 2.10. The van der Waals surface area contributed by atoms with Crippen LogP contribution in [0.3, 0.4) is 0 Å². The van der Waals surface area contributed by atoms with Crippen LogP contribution in [0.5, 0.6) is 0 Å². The van der Waals surface area contributed by atoms with Crippen LogP contribution >= 0.6 is 15.9 Å². The lowest BCUT2D eigenvalue weighted by Crippen LogP contribution is -2.34. The summed E-state index contributed by atoms with van der Waals surface area (Å²) in [7, 11) is 0. The number of hydrogen-bond acceptors (Lipinski definition) is 4. The Morgan fingerprint density at radius 1 is 1.23 bits per heavy atom. The number of aromatic nitrogens is 1. The molecule has 0 aliphatic heterocycles. The Labute approximate surface area is 135 Å². The number of hydrogen-bond donors (Lipinski definition) is 2. The number of carbonyl (C=O) groups excluding carboxylic acids is 2. The number of carbonyl (C=O) groups is 2. The number of nitrogens with zero attached hydrogens (tertiary/aromatic N) is 2. The largest absolute Gasteiger partial charge is 0.343 e. The number of halogens is 1. The fourth-order valence-corrected chi connectivity index (χ4v) is 1.80. The summed E-state index contributed by atoms with van der Waals surface area (Å²) in [6.45, 7) is -0.153. The van der Waals surface area contributed by atoms with Crippen LogP contribution < -0.4 is 10.7 Å². The van der Waals surface area contributed by atoms with Crippen LogP contribution in [0, 0.1) is 0 Å². The first-order valence-electron chi connectivity index (χ1n) is 6.41. The van der Waals surface area contributed by atoms with Crippen LogP contribution in [0.1, 0.15) is 15.9 Å². The zero-order valence-corrected chi connectivity index (χ0v) is 13.1. The van der Waals surface area contributed by atoms with Gasteiger partial charge in [0.15, 0.2) is 0 Å². The van der Waals surface area contributed by atoms with Crippen LogP contribution in [0.25, 0.3) is 0 Å². The quantitative estimate of drug-likeness (QED) is 0.628. The molecule has 2 N–H and O–H groups in total. The Morgan fingerprint density at radius 3 is 2.68 bits per heavy atom. The lowest BCUT2D eigenvalue weighted by molar-refractivity contribution is -0.120. The van der Waals surface area contributed by atoms with E-state index in [0.29, 0.717) is 5.56 Å². The highest BCUT2D eigenvalue weighted by atomic mass is 79.9. The molecule has 0 fully saturated rings. The van der Waals surface area contributed by atoms with Crippen LogP contribution in [-0.4, -0.2) is 29.6 Å². The molecular formula is C15H13BrN4O2. The molecule has 1 heterocycles. The number of amides is 2. The Bertz CT molecular complexity index is 672. The van der Waals surface area contributed by atoms with E-state index >= 15 is 0 Å². The number of pyridine rings is 1. The fourth-order valence-electron chi connectivity index (χ4n) is 1.53. The SMILES string of the molecule is O=C(CNC(=O)c1ccc(Br)cc1)N/N=C/c1cccnc1. The smallest absolute Gasteiger partial charge is 0.259 e. The van der Waals surface area contributed by atoms with Gasteiger partial charge in [-0.1, -0.05) is 22.0 Å². The third-order valence-electron chi connectivity index (χ3n) is 2.60. The van der Waals surface area contributed by atoms with Gasteiger partial charge >= 0.3 is 0 Å². The summed E-state index contributed by atoms with van der Waals surface area (Å²) in [5.41, 5.74) is 3.57. The van der Waals surface area contributed by atoms with E-state index in [9.17, 15) is 9.59 Å². The van der Waals surface area contributed by atoms with E-state index in [2.05, 4.69) is 36.8 Å². The lowest BCUT2D eigenvalue weighted by atomic mass is 10.2. The van der Waals surface area contributed by atoms with Gasteiger partial charge < -0.3 is 5.32 Å². The summed E-state index contributed by atoms with van der Waals surface area (Å²) >= 11 is 3.29. The monoisotopic (exact) mass is 360 g/mol. The number of nitrogens with one attached hydrogen (secondary N) is 2. The van der Waals surface area contributed by atoms with Gasteiger partial charge in [-0.3, -0.25) is 14.6 Å². The summed E-state index contributed by atoms with van der Waals surface area (Å²) in [5.74, 6) is -0.732. The summed E-state index contributed by atoms with van der Waals surface area (Å²) in [4.78, 5) is 27.3. The van der Waals surface area contributed by atoms with Crippen molar-refractivity contribution in [3.63, 3.8) is 0 Å². The highest BCUT2D eigenvalue weighted by molar-refractivity contribution is 9.10. The molecule has 22 heavy (non-hydrogen) atoms. The van der Waals surface area contributed by atoms with Crippen molar-refractivity contribution < 1.29 is 9.59 Å². The number of hydrazone groups is 1. The fraction of sp³-hybridized carbons (Fsp3) is 0.0667. The minimum atomic E-state index is -0.411. The maximum absolute atomic E-state index is 11.8. The number of benzene rings is 1. The Hall–Kier alpha value is -2.54. The number of rotatable bonds is 5. The third-order valence-corrected chi connectivity index (χ3v) is 3.13. The highest BCUT2D eigenvalue weighted by Gasteiger charge is 2.07. The molecule has 2 aromatic rings. The molecule has 0 aliphatic carbocycles. The van der Waals surface area contributed by atoms with Crippen LogP contribution in [0.2, 0.25) is 0 Å². The summed E-state index contributed by atoms with van der Waals surface area (Å²) in [6.07, 6.45) is 4.74. The van der Waals surface area contributed by atoms with E-state index in [1.54, 1.807) is 48.8 Å². The van der Waals surface area contributed by atoms with E-state index in [4.69, 9.17) is 0 Å². The minimum absolute atomic E-state index is 0.153. The first kappa shape index (κ1) is 15.8. The summed E-state index contributed by atoms with van der Waals surface area (Å²) < 4.78 is 0.881. The van der Waals surface area contributed by atoms with Gasteiger partial charge in [0, 0.05) is 28.0 Å². The normalized spacial score (nSPS) is 10.4. The van der Waals surface area contributed by atoms with E-state index in [0.717, 1.165) is 10.0 Å². The molecule has 0 radical (unpaired) electrons. The molecule has 6 nitrogen and oxygen atoms in total. The Morgan fingerprint density at radius 2 is 2.00 bits per heavy atom. The van der Waals surface area contributed by atoms with Gasteiger partial charge in [-0.2, -0.15) is 5.10 Å². The van der Waals surface area contributed by atoms with Crippen molar-refractivity contribution in [1.82, 2.24) is 15.7 Å². The third kappa shape index (κ3) is 5.10. The zero-order valence-electron chi connectivity index (χ0n) is 11.5. The predicted molar refractivity (Wildman–Crippen MR) is 86.4 cm³/mol. The van der Waals surface area contributed by atoms with Crippen molar-refractivity contribution >= 4 is 34.0 Å². The summed E-state index contributed by atoms with van der Waals surface area (Å²) in [6, 6.07) is 10.4. The van der Waals surface area contributed by atoms with E-state index in [-0.39, 0.29) is 12.5 Å². The standard InChI is InChI=1S/C15H13BrN4O2/c16-13-5-3-12(4-6-13)15(22)18-10-14(21)20-19-9-11-2-1-7-17-8-11/h1-9H,10H2,(H,18,22)(H,20,21)/b19-9+. The molecule has 0 saturated carbocycles. The Kier molecular flexibility index (Phi) is 5.79. The molecule has 0 unspecified atom stereocenters. The second-order valence-corrected chi connectivity index (χ2v) is 5.18. The van der Waals surface area contributed by atoms with Crippen LogP contribution in [-0.2, 0) is 4.79 Å². The van der Waals surface area contributed by atoms with Crippen molar-refractivity contribution in [3.05, 3.63) is 64.4 Å². The topological polar surface area (TPSA) is 83.5 Å². The maximum atomic E-state index is 11.8. The van der Waals surface area contributed by atoms with Gasteiger partial charge in [-0.05, 0) is 30.3 Å². The van der Waals surface area contributed by atoms with Crippen molar-refractivity contribution in [1.29, 1.82) is 0 Å².